The summed E-state index contributed by atoms with van der Waals surface area (Å²) in [6.45, 7) is 2.46. The fourth-order valence-corrected chi connectivity index (χ4v) is 4.77. The fraction of sp³-hybridized carbons (Fsp3) is 0.333. The number of nitrogens with zero attached hydrogens (tertiary/aromatic N) is 4. The second-order valence-corrected chi connectivity index (χ2v) is 10.9. The summed E-state index contributed by atoms with van der Waals surface area (Å²) in [5.74, 6) is 3.43. The first-order chi connectivity index (χ1) is 14.6. The van der Waals surface area contributed by atoms with Gasteiger partial charge >= 0.3 is 0 Å². The lowest BCUT2D eigenvalue weighted by molar-refractivity contribution is 0.0607. The Labute approximate surface area is 191 Å². The van der Waals surface area contributed by atoms with Crippen LogP contribution in [0.5, 0.6) is 0 Å². The van der Waals surface area contributed by atoms with Gasteiger partial charge in [-0.25, -0.2) is 13.7 Å². The van der Waals surface area contributed by atoms with Gasteiger partial charge in [-0.15, -0.1) is 0 Å². The predicted molar refractivity (Wildman–Crippen MR) is 127 cm³/mol. The highest BCUT2D eigenvalue weighted by molar-refractivity contribution is 8.00. The molecule has 1 amide bonds. The van der Waals surface area contributed by atoms with Gasteiger partial charge in [0, 0.05) is 45.4 Å². The van der Waals surface area contributed by atoms with Gasteiger partial charge < -0.3 is 9.62 Å². The third kappa shape index (κ3) is 4.66. The van der Waals surface area contributed by atoms with Crippen LogP contribution in [0.15, 0.2) is 30.5 Å². The van der Waals surface area contributed by atoms with Crippen LogP contribution in [0.3, 0.4) is 0 Å². The molecule has 0 aliphatic carbocycles. The highest BCUT2D eigenvalue weighted by Crippen LogP contribution is 2.34. The van der Waals surface area contributed by atoms with E-state index in [1.54, 1.807) is 27.6 Å². The SMILES string of the molecule is C=S(C)(=O)Nc1ccc(Cl)cc1C(=O)N1CCCC[C@H]1c1cc2nc(Cl)c(C)cn2n1. The molecule has 0 saturated carbocycles. The minimum Gasteiger partial charge on any atom is -0.330 e. The van der Waals surface area contributed by atoms with Crippen molar-refractivity contribution in [2.24, 2.45) is 0 Å². The van der Waals surface area contributed by atoms with Crippen molar-refractivity contribution in [3.8, 4) is 0 Å². The van der Waals surface area contributed by atoms with E-state index in [4.69, 9.17) is 23.2 Å². The first-order valence-electron chi connectivity index (χ1n) is 9.85. The van der Waals surface area contributed by atoms with E-state index in [1.807, 2.05) is 19.2 Å². The normalized spacial score (nSPS) is 18.7. The fourth-order valence-electron chi connectivity index (χ4n) is 3.82. The van der Waals surface area contributed by atoms with E-state index in [0.717, 1.165) is 30.5 Å². The molecular formula is C21H23Cl2N5O2S. The number of hydrogen-bond donors (Lipinski definition) is 1. The van der Waals surface area contributed by atoms with Gasteiger partial charge in [-0.1, -0.05) is 23.2 Å². The number of amides is 1. The summed E-state index contributed by atoms with van der Waals surface area (Å²) in [4.78, 5) is 19.8. The second-order valence-electron chi connectivity index (χ2n) is 7.89. The quantitative estimate of drug-likeness (QED) is 0.444. The third-order valence-electron chi connectivity index (χ3n) is 5.23. The summed E-state index contributed by atoms with van der Waals surface area (Å²) in [6, 6.07) is 6.56. The number of fused-ring (bicyclic) bond motifs is 1. The Morgan fingerprint density at radius 3 is 2.81 bits per heavy atom. The number of aryl methyl sites for hydroxylation is 1. The Bertz CT molecular complexity index is 1230. The Hall–Kier alpha value is -2.29. The molecule has 1 fully saturated rings. The summed E-state index contributed by atoms with van der Waals surface area (Å²) in [7, 11) is -2.57. The summed E-state index contributed by atoms with van der Waals surface area (Å²) < 4.78 is 16.8. The Kier molecular flexibility index (Phi) is 5.89. The summed E-state index contributed by atoms with van der Waals surface area (Å²) in [5, 5.41) is 5.53. The smallest absolute Gasteiger partial charge is 0.256 e. The zero-order valence-electron chi connectivity index (χ0n) is 17.3. The highest BCUT2D eigenvalue weighted by Gasteiger charge is 2.32. The monoisotopic (exact) mass is 479 g/mol. The second kappa shape index (κ2) is 8.33. The third-order valence-corrected chi connectivity index (χ3v) is 6.50. The molecule has 0 spiro atoms. The Morgan fingerprint density at radius 2 is 2.06 bits per heavy atom. The summed E-state index contributed by atoms with van der Waals surface area (Å²) in [6.07, 6.45) is 5.97. The number of carbonyl (C=O) groups excluding carboxylic acids is 1. The van der Waals surface area contributed by atoms with Gasteiger partial charge in [-0.3, -0.25) is 4.79 Å². The van der Waals surface area contributed by atoms with Gasteiger partial charge in [0.2, 0.25) is 0 Å². The van der Waals surface area contributed by atoms with Crippen molar-refractivity contribution in [2.75, 3.05) is 17.5 Å². The molecule has 0 radical (unpaired) electrons. The van der Waals surface area contributed by atoms with E-state index in [-0.39, 0.29) is 11.9 Å². The van der Waals surface area contributed by atoms with E-state index < -0.39 is 9.71 Å². The molecule has 7 nitrogen and oxygen atoms in total. The number of carbonyl (C=O) groups is 1. The number of piperidine rings is 1. The molecule has 1 aliphatic rings. The standard InChI is InChI=1S/C21H23Cl2N5O2S/c1-13-12-28-19(24-20(13)23)11-17(25-28)18-6-4-5-9-27(18)21(29)15-10-14(22)7-8-16(15)26-31(2,3)30/h7-8,10-12,18H,2,4-6,9H2,1,3H3,(H,26,30)/t18-,31?/m0/s1. The first-order valence-corrected chi connectivity index (χ1v) is 12.7. The number of halogens is 2. The highest BCUT2D eigenvalue weighted by atomic mass is 35.5. The van der Waals surface area contributed by atoms with Crippen LogP contribution in [0.1, 0.15) is 46.9 Å². The van der Waals surface area contributed by atoms with Gasteiger partial charge in [0.05, 0.1) is 23.0 Å². The van der Waals surface area contributed by atoms with Crippen molar-refractivity contribution in [3.05, 3.63) is 57.5 Å². The van der Waals surface area contributed by atoms with Crippen LogP contribution in [0.4, 0.5) is 5.69 Å². The van der Waals surface area contributed by atoms with Gasteiger partial charge in [-0.05, 0) is 50.3 Å². The Morgan fingerprint density at radius 1 is 1.29 bits per heavy atom. The van der Waals surface area contributed by atoms with Gasteiger partial charge in [0.15, 0.2) is 5.65 Å². The lowest BCUT2D eigenvalue weighted by Crippen LogP contribution is -2.39. The number of nitrogens with one attached hydrogen (secondary N) is 1. The molecule has 1 saturated heterocycles. The van der Waals surface area contributed by atoms with Gasteiger partial charge in [0.25, 0.3) is 5.91 Å². The zero-order chi connectivity index (χ0) is 22.3. The van der Waals surface area contributed by atoms with Gasteiger partial charge in [0.1, 0.15) is 5.15 Å². The molecule has 4 rings (SSSR count). The summed E-state index contributed by atoms with van der Waals surface area (Å²) >= 11 is 12.3. The average Bonchev–Trinajstić information content (AvgIpc) is 3.10. The zero-order valence-corrected chi connectivity index (χ0v) is 19.6. The molecule has 2 aromatic heterocycles. The van der Waals surface area contributed by atoms with E-state index >= 15 is 0 Å². The molecular weight excluding hydrogens is 457 g/mol. The van der Waals surface area contributed by atoms with Crippen molar-refractivity contribution in [2.45, 2.75) is 32.2 Å². The summed E-state index contributed by atoms with van der Waals surface area (Å²) in [5.41, 5.74) is 3.02. The molecule has 3 aromatic rings. The van der Waals surface area contributed by atoms with Crippen LogP contribution in [0.2, 0.25) is 10.2 Å². The van der Waals surface area contributed by atoms with Gasteiger partial charge in [-0.2, -0.15) is 5.10 Å². The molecule has 1 unspecified atom stereocenters. The number of aromatic nitrogens is 3. The maximum atomic E-state index is 13.6. The largest absolute Gasteiger partial charge is 0.330 e. The molecule has 2 atom stereocenters. The van der Waals surface area contributed by atoms with Crippen LogP contribution in [0, 0.1) is 6.92 Å². The topological polar surface area (TPSA) is 79.6 Å². The van der Waals surface area contributed by atoms with E-state index in [0.29, 0.717) is 33.6 Å². The maximum Gasteiger partial charge on any atom is 0.256 e. The molecule has 3 heterocycles. The van der Waals surface area contributed by atoms with Crippen LogP contribution < -0.4 is 4.72 Å². The van der Waals surface area contributed by atoms with Crippen molar-refractivity contribution < 1.29 is 9.00 Å². The lowest BCUT2D eigenvalue weighted by Gasteiger charge is -2.35. The minimum absolute atomic E-state index is 0.197. The minimum atomic E-state index is -2.57. The molecule has 31 heavy (non-hydrogen) atoms. The van der Waals surface area contributed by atoms with Crippen LogP contribution in [-0.2, 0) is 9.71 Å². The number of anilines is 1. The van der Waals surface area contributed by atoms with Crippen LogP contribution in [0.25, 0.3) is 5.65 Å². The number of rotatable bonds is 4. The molecule has 1 aromatic carbocycles. The molecule has 10 heteroatoms. The Balaban J connectivity index is 1.73. The number of hydrogen-bond acceptors (Lipinski definition) is 4. The maximum absolute atomic E-state index is 13.6. The molecule has 0 bridgehead atoms. The van der Waals surface area contributed by atoms with Crippen molar-refractivity contribution in [1.29, 1.82) is 0 Å². The number of benzene rings is 1. The van der Waals surface area contributed by atoms with Crippen molar-refractivity contribution in [3.63, 3.8) is 0 Å². The number of likely N-dealkylation sites (tertiary alicyclic amines) is 1. The molecule has 1 aliphatic heterocycles. The van der Waals surface area contributed by atoms with E-state index in [1.165, 1.54) is 6.26 Å². The van der Waals surface area contributed by atoms with E-state index in [2.05, 4.69) is 20.7 Å². The van der Waals surface area contributed by atoms with Crippen molar-refractivity contribution >= 4 is 56.0 Å². The van der Waals surface area contributed by atoms with Crippen molar-refractivity contribution in [1.82, 2.24) is 19.5 Å². The van der Waals surface area contributed by atoms with E-state index in [9.17, 15) is 9.00 Å². The average molecular weight is 480 g/mol. The van der Waals surface area contributed by atoms with Crippen LogP contribution >= 0.6 is 23.2 Å². The van der Waals surface area contributed by atoms with Crippen LogP contribution in [-0.4, -0.2) is 48.3 Å². The predicted octanol–water partition coefficient (Wildman–Crippen LogP) is 4.39. The lowest BCUT2D eigenvalue weighted by atomic mass is 9.98. The molecule has 164 valence electrons. The first kappa shape index (κ1) is 21.9. The molecule has 1 N–H and O–H groups in total.